The minimum absolute atomic E-state index is 0.100. The molecule has 2 aromatic carbocycles. The first-order valence-electron chi connectivity index (χ1n) is 10.0. The second kappa shape index (κ2) is 9.49. The van der Waals surface area contributed by atoms with Gasteiger partial charge in [-0.05, 0) is 35.4 Å². The lowest BCUT2D eigenvalue weighted by Gasteiger charge is -2.11. The van der Waals surface area contributed by atoms with Gasteiger partial charge in [0.2, 0.25) is 0 Å². The summed E-state index contributed by atoms with van der Waals surface area (Å²) in [5, 5.41) is 22.8. The molecular formula is C22H21FN6O4. The zero-order valence-corrected chi connectivity index (χ0v) is 17.4. The fourth-order valence-electron chi connectivity index (χ4n) is 3.26. The zero-order chi connectivity index (χ0) is 23.4. The lowest BCUT2D eigenvalue weighted by molar-refractivity contribution is 0.0906. The molecule has 10 nitrogen and oxygen atoms in total. The highest BCUT2D eigenvalue weighted by molar-refractivity contribution is 5.99. The molecule has 4 rings (SSSR count). The van der Waals surface area contributed by atoms with Crippen molar-refractivity contribution in [1.29, 1.82) is 0 Å². The number of nitrogens with one attached hydrogen (secondary N) is 1. The van der Waals surface area contributed by atoms with Crippen LogP contribution in [0.1, 0.15) is 10.4 Å². The number of hydrogen-bond donors (Lipinski definition) is 4. The Balaban J connectivity index is 1.30. The second-order valence-electron chi connectivity index (χ2n) is 7.14. The number of aromatic hydroxyl groups is 2. The average molecular weight is 452 g/mol. The molecule has 0 spiro atoms. The van der Waals surface area contributed by atoms with Gasteiger partial charge in [0.1, 0.15) is 17.7 Å². The van der Waals surface area contributed by atoms with Crippen molar-refractivity contribution in [2.45, 2.75) is 6.54 Å². The van der Waals surface area contributed by atoms with Crippen LogP contribution in [0.2, 0.25) is 0 Å². The number of halogens is 1. The molecule has 0 saturated heterocycles. The molecule has 0 radical (unpaired) electrons. The molecule has 4 aromatic rings. The van der Waals surface area contributed by atoms with E-state index in [9.17, 15) is 19.4 Å². The summed E-state index contributed by atoms with van der Waals surface area (Å²) in [5.41, 5.74) is 7.84. The third-order valence-electron chi connectivity index (χ3n) is 4.95. The SMILES string of the molecule is Nc1ncnc2c1ncn2CCOCCNC(=O)c1cc(-c2ccc(F)cc2)cc(O)c1O. The molecule has 0 aliphatic heterocycles. The van der Waals surface area contributed by atoms with E-state index in [1.165, 1.54) is 42.7 Å². The number of phenols is 2. The summed E-state index contributed by atoms with van der Waals surface area (Å²) in [6.45, 7) is 1.23. The number of fused-ring (bicyclic) bond motifs is 1. The van der Waals surface area contributed by atoms with Gasteiger partial charge >= 0.3 is 0 Å². The Kier molecular flexibility index (Phi) is 6.31. The minimum Gasteiger partial charge on any atom is -0.504 e. The quantitative estimate of drug-likeness (QED) is 0.235. The van der Waals surface area contributed by atoms with E-state index in [0.717, 1.165) is 0 Å². The number of nitrogens with zero attached hydrogens (tertiary/aromatic N) is 4. The number of amides is 1. The van der Waals surface area contributed by atoms with Crippen molar-refractivity contribution in [2.24, 2.45) is 0 Å². The molecule has 5 N–H and O–H groups in total. The summed E-state index contributed by atoms with van der Waals surface area (Å²) in [4.78, 5) is 24.7. The number of carbonyl (C=O) groups excluding carboxylic acids is 1. The highest BCUT2D eigenvalue weighted by Crippen LogP contribution is 2.34. The highest BCUT2D eigenvalue weighted by Gasteiger charge is 2.17. The van der Waals surface area contributed by atoms with Gasteiger partial charge in [0, 0.05) is 13.1 Å². The van der Waals surface area contributed by atoms with E-state index in [2.05, 4.69) is 20.3 Å². The number of aromatic nitrogens is 4. The number of imidazole rings is 1. The second-order valence-corrected chi connectivity index (χ2v) is 7.14. The summed E-state index contributed by atoms with van der Waals surface area (Å²) >= 11 is 0. The predicted molar refractivity (Wildman–Crippen MR) is 118 cm³/mol. The van der Waals surface area contributed by atoms with Crippen molar-refractivity contribution >= 4 is 22.9 Å². The molecule has 0 aliphatic rings. The maximum Gasteiger partial charge on any atom is 0.255 e. The standard InChI is InChI=1S/C22H21FN6O4/c23-15-3-1-13(2-4-15)14-9-16(19(31)17(30)10-14)22(32)25-5-7-33-8-6-29-12-28-18-20(24)26-11-27-21(18)29/h1-4,9-12,30-31H,5-8H2,(H,25,32)(H2,24,26,27). The van der Waals surface area contributed by atoms with Crippen molar-refractivity contribution in [3.8, 4) is 22.6 Å². The van der Waals surface area contributed by atoms with E-state index in [4.69, 9.17) is 10.5 Å². The lowest BCUT2D eigenvalue weighted by Crippen LogP contribution is -2.27. The first-order valence-corrected chi connectivity index (χ1v) is 10.0. The summed E-state index contributed by atoms with van der Waals surface area (Å²) in [7, 11) is 0. The van der Waals surface area contributed by atoms with Gasteiger partial charge in [-0.2, -0.15) is 0 Å². The van der Waals surface area contributed by atoms with Crippen LogP contribution >= 0.6 is 0 Å². The van der Waals surface area contributed by atoms with Crippen LogP contribution in [0.25, 0.3) is 22.3 Å². The van der Waals surface area contributed by atoms with Crippen LogP contribution < -0.4 is 11.1 Å². The molecule has 0 aliphatic carbocycles. The number of phenolic OH excluding ortho intramolecular Hbond substituents is 2. The Morgan fingerprint density at radius 2 is 1.88 bits per heavy atom. The van der Waals surface area contributed by atoms with Gasteiger partial charge in [0.05, 0.1) is 25.1 Å². The first-order chi connectivity index (χ1) is 15.9. The number of rotatable bonds is 8. The number of nitrogen functional groups attached to an aromatic ring is 1. The molecular weight excluding hydrogens is 431 g/mol. The van der Waals surface area contributed by atoms with Crippen molar-refractivity contribution in [3.05, 3.63) is 60.4 Å². The first kappa shape index (κ1) is 22.0. The number of hydrogen-bond acceptors (Lipinski definition) is 8. The number of ether oxygens (including phenoxy) is 1. The van der Waals surface area contributed by atoms with Crippen LogP contribution in [0.5, 0.6) is 11.5 Å². The summed E-state index contributed by atoms with van der Waals surface area (Å²) in [6.07, 6.45) is 2.97. The molecule has 0 unspecified atom stereocenters. The maximum atomic E-state index is 13.2. The van der Waals surface area contributed by atoms with Gasteiger partial charge < -0.3 is 30.6 Å². The van der Waals surface area contributed by atoms with Gasteiger partial charge in [-0.15, -0.1) is 0 Å². The van der Waals surface area contributed by atoms with Crippen LogP contribution in [-0.4, -0.2) is 55.4 Å². The van der Waals surface area contributed by atoms with Crippen LogP contribution in [0, 0.1) is 5.82 Å². The zero-order valence-electron chi connectivity index (χ0n) is 17.4. The van der Waals surface area contributed by atoms with Gasteiger partial charge in [-0.25, -0.2) is 19.3 Å². The van der Waals surface area contributed by atoms with Crippen LogP contribution in [0.3, 0.4) is 0 Å². The molecule has 0 fully saturated rings. The Hall–Kier alpha value is -4.25. The van der Waals surface area contributed by atoms with Crippen molar-refractivity contribution < 1.29 is 24.1 Å². The largest absolute Gasteiger partial charge is 0.504 e. The molecule has 0 bridgehead atoms. The molecule has 0 saturated carbocycles. The van der Waals surface area contributed by atoms with Crippen LogP contribution in [0.4, 0.5) is 10.2 Å². The van der Waals surface area contributed by atoms with Gasteiger partial charge in [0.15, 0.2) is 23.0 Å². The molecule has 33 heavy (non-hydrogen) atoms. The molecule has 11 heteroatoms. The summed E-state index contributed by atoms with van der Waals surface area (Å²) in [6, 6.07) is 8.30. The molecule has 170 valence electrons. The lowest BCUT2D eigenvalue weighted by atomic mass is 10.0. The Labute approximate surface area is 187 Å². The van der Waals surface area contributed by atoms with E-state index >= 15 is 0 Å². The van der Waals surface area contributed by atoms with Crippen molar-refractivity contribution in [2.75, 3.05) is 25.5 Å². The van der Waals surface area contributed by atoms with Gasteiger partial charge in [0.25, 0.3) is 5.91 Å². The van der Waals surface area contributed by atoms with E-state index in [-0.39, 0.29) is 18.7 Å². The summed E-state index contributed by atoms with van der Waals surface area (Å²) < 4.78 is 20.5. The third kappa shape index (κ3) is 4.83. The molecule has 2 heterocycles. The Bertz CT molecular complexity index is 1290. The Morgan fingerprint density at radius 3 is 2.67 bits per heavy atom. The maximum absolute atomic E-state index is 13.2. The molecule has 2 aromatic heterocycles. The molecule has 1 amide bonds. The third-order valence-corrected chi connectivity index (χ3v) is 4.95. The average Bonchev–Trinajstić information content (AvgIpc) is 3.22. The number of nitrogens with two attached hydrogens (primary N) is 1. The fraction of sp³-hybridized carbons (Fsp3) is 0.182. The smallest absolute Gasteiger partial charge is 0.255 e. The number of anilines is 1. The monoisotopic (exact) mass is 452 g/mol. The topological polar surface area (TPSA) is 148 Å². The van der Waals surface area contributed by atoms with Crippen LogP contribution in [0.15, 0.2) is 49.1 Å². The predicted octanol–water partition coefficient (Wildman–Crippen LogP) is 2.07. The number of carbonyl (C=O) groups is 1. The van der Waals surface area contributed by atoms with E-state index < -0.39 is 23.2 Å². The van der Waals surface area contributed by atoms with E-state index in [1.807, 2.05) is 0 Å². The van der Waals surface area contributed by atoms with Crippen LogP contribution in [-0.2, 0) is 11.3 Å². The normalized spacial score (nSPS) is 11.1. The van der Waals surface area contributed by atoms with Crippen molar-refractivity contribution in [3.63, 3.8) is 0 Å². The van der Waals surface area contributed by atoms with E-state index in [1.54, 1.807) is 10.9 Å². The fourth-order valence-corrected chi connectivity index (χ4v) is 3.26. The van der Waals surface area contributed by atoms with E-state index in [0.29, 0.717) is 41.3 Å². The molecule has 0 atom stereocenters. The minimum atomic E-state index is -0.580. The Morgan fingerprint density at radius 1 is 1.09 bits per heavy atom. The van der Waals surface area contributed by atoms with Gasteiger partial charge in [-0.1, -0.05) is 12.1 Å². The van der Waals surface area contributed by atoms with Crippen molar-refractivity contribution in [1.82, 2.24) is 24.8 Å². The van der Waals surface area contributed by atoms with Gasteiger partial charge in [-0.3, -0.25) is 4.79 Å². The highest BCUT2D eigenvalue weighted by atomic mass is 19.1. The number of benzene rings is 2. The summed E-state index contributed by atoms with van der Waals surface area (Å²) in [5.74, 6) is -1.66.